The Hall–Kier alpha value is 1.16. The van der Waals surface area contributed by atoms with E-state index in [0.29, 0.717) is 0 Å². The van der Waals surface area contributed by atoms with Crippen molar-refractivity contribution in [1.29, 1.82) is 0 Å². The molecule has 36 valence electrons. The monoisotopic (exact) mass is 310 g/mol. The average molecular weight is 310 g/mol. The molecule has 0 fully saturated rings. The lowest BCUT2D eigenvalue weighted by Crippen LogP contribution is -1.89. The molecule has 0 aromatic carbocycles. The normalized spacial score (nSPS) is 13.8. The maximum atomic E-state index is 8.51. The summed E-state index contributed by atoms with van der Waals surface area (Å²) in [5.41, 5.74) is 0. The molecule has 3 heteroatoms. The van der Waals surface area contributed by atoms with E-state index in [-0.39, 0.29) is 4.11 Å². The van der Waals surface area contributed by atoms with Crippen molar-refractivity contribution in [2.45, 2.75) is 4.11 Å². The molecule has 1 unspecified atom stereocenters. The van der Waals surface area contributed by atoms with Crippen molar-refractivity contribution in [3.63, 3.8) is 0 Å². The fourth-order valence-corrected chi connectivity index (χ4v) is 0. The van der Waals surface area contributed by atoms with Gasteiger partial charge in [0.1, 0.15) is 4.11 Å². The summed E-state index contributed by atoms with van der Waals surface area (Å²) in [5, 5.41) is 8.51. The van der Waals surface area contributed by atoms with Crippen LogP contribution in [0.3, 0.4) is 0 Å². The summed E-state index contributed by atoms with van der Waals surface area (Å²) >= 11 is 3.86. The Labute approximate surface area is 64.1 Å². The number of rotatable bonds is 1. The third-order valence-corrected chi connectivity index (χ3v) is 2.79. The van der Waals surface area contributed by atoms with Gasteiger partial charge in [-0.1, -0.05) is 6.58 Å². The fraction of sp³-hybridized carbons (Fsp3) is 0.333. The second-order valence-electron chi connectivity index (χ2n) is 0.783. The van der Waals surface area contributed by atoms with Crippen LogP contribution in [0.25, 0.3) is 0 Å². The van der Waals surface area contributed by atoms with Crippen LogP contribution in [0.5, 0.6) is 0 Å². The minimum atomic E-state index is -0.386. The van der Waals surface area contributed by atoms with Crippen LogP contribution in [0.15, 0.2) is 10.2 Å². The van der Waals surface area contributed by atoms with Gasteiger partial charge in [0, 0.05) is 3.58 Å². The van der Waals surface area contributed by atoms with Gasteiger partial charge in [0.2, 0.25) is 0 Å². The zero-order chi connectivity index (χ0) is 5.15. The lowest BCUT2D eigenvalue weighted by atomic mass is 10.7. The fourth-order valence-electron chi connectivity index (χ4n) is 0. The SMILES string of the molecule is C=C(I)C(O)I. The molecule has 0 amide bonds. The molecule has 0 aromatic heterocycles. The van der Waals surface area contributed by atoms with Gasteiger partial charge in [-0.05, 0) is 45.2 Å². The van der Waals surface area contributed by atoms with E-state index < -0.39 is 0 Å². The minimum absolute atomic E-state index is 0.386. The summed E-state index contributed by atoms with van der Waals surface area (Å²) in [4.78, 5) is 0. The van der Waals surface area contributed by atoms with E-state index in [1.165, 1.54) is 0 Å². The smallest absolute Gasteiger partial charge is 0.135 e. The number of hydrogen-bond donors (Lipinski definition) is 1. The Morgan fingerprint density at radius 3 is 2.00 bits per heavy atom. The van der Waals surface area contributed by atoms with Crippen molar-refractivity contribution >= 4 is 45.2 Å². The Balaban J connectivity index is 3.26. The number of hydrogen-bond acceptors (Lipinski definition) is 1. The van der Waals surface area contributed by atoms with Crippen LogP contribution in [0.2, 0.25) is 0 Å². The first-order chi connectivity index (χ1) is 2.64. The maximum Gasteiger partial charge on any atom is 0.135 e. The quantitative estimate of drug-likeness (QED) is 0.577. The third kappa shape index (κ3) is 3.35. The molecule has 0 aliphatic rings. The summed E-state index contributed by atoms with van der Waals surface area (Å²) in [6.07, 6.45) is 0. The first kappa shape index (κ1) is 7.16. The van der Waals surface area contributed by atoms with Gasteiger partial charge in [0.05, 0.1) is 0 Å². The molecule has 0 saturated heterocycles. The zero-order valence-corrected chi connectivity index (χ0v) is 7.30. The van der Waals surface area contributed by atoms with Crippen LogP contribution in [-0.4, -0.2) is 9.22 Å². The van der Waals surface area contributed by atoms with Gasteiger partial charge < -0.3 is 5.11 Å². The summed E-state index contributed by atoms with van der Waals surface area (Å²) in [7, 11) is 0. The highest BCUT2D eigenvalue weighted by Gasteiger charge is 1.94. The largest absolute Gasteiger partial charge is 0.378 e. The van der Waals surface area contributed by atoms with Crippen molar-refractivity contribution in [3.8, 4) is 0 Å². The number of halogens is 2. The molecule has 0 rings (SSSR count). The Kier molecular flexibility index (Phi) is 3.82. The molecule has 0 bridgehead atoms. The topological polar surface area (TPSA) is 20.2 Å². The first-order valence-corrected chi connectivity index (χ1v) is 3.63. The van der Waals surface area contributed by atoms with E-state index in [1.807, 2.05) is 45.2 Å². The Bertz CT molecular complexity index is 59.8. The second kappa shape index (κ2) is 3.20. The maximum absolute atomic E-state index is 8.51. The van der Waals surface area contributed by atoms with E-state index in [0.717, 1.165) is 3.58 Å². The van der Waals surface area contributed by atoms with Crippen LogP contribution in [0.1, 0.15) is 0 Å². The highest BCUT2D eigenvalue weighted by molar-refractivity contribution is 14.1. The van der Waals surface area contributed by atoms with Gasteiger partial charge >= 0.3 is 0 Å². The van der Waals surface area contributed by atoms with Crippen LogP contribution in [-0.2, 0) is 0 Å². The van der Waals surface area contributed by atoms with Crippen molar-refractivity contribution in [2.24, 2.45) is 0 Å². The molecule has 0 radical (unpaired) electrons. The van der Waals surface area contributed by atoms with Crippen molar-refractivity contribution in [3.05, 3.63) is 10.2 Å². The summed E-state index contributed by atoms with van der Waals surface area (Å²) < 4.78 is 0.386. The molecule has 1 atom stereocenters. The van der Waals surface area contributed by atoms with Gasteiger partial charge in [-0.15, -0.1) is 0 Å². The lowest BCUT2D eigenvalue weighted by molar-refractivity contribution is 0.323. The van der Waals surface area contributed by atoms with Gasteiger partial charge in [-0.25, -0.2) is 0 Å². The predicted molar refractivity (Wildman–Crippen MR) is 43.2 cm³/mol. The van der Waals surface area contributed by atoms with Crippen LogP contribution in [0.4, 0.5) is 0 Å². The van der Waals surface area contributed by atoms with E-state index in [2.05, 4.69) is 6.58 Å². The molecule has 6 heavy (non-hydrogen) atoms. The number of alkyl halides is 1. The minimum Gasteiger partial charge on any atom is -0.378 e. The molecule has 0 heterocycles. The highest BCUT2D eigenvalue weighted by atomic mass is 127. The zero-order valence-electron chi connectivity index (χ0n) is 2.99. The highest BCUT2D eigenvalue weighted by Crippen LogP contribution is 2.13. The molecular formula is C3H4I2O. The van der Waals surface area contributed by atoms with Crippen molar-refractivity contribution in [1.82, 2.24) is 0 Å². The molecule has 0 aliphatic carbocycles. The summed E-state index contributed by atoms with van der Waals surface area (Å²) in [6.45, 7) is 3.48. The van der Waals surface area contributed by atoms with Gasteiger partial charge in [0.25, 0.3) is 0 Å². The van der Waals surface area contributed by atoms with Crippen LogP contribution in [0, 0.1) is 0 Å². The molecule has 0 aliphatic heterocycles. The molecule has 1 nitrogen and oxygen atoms in total. The summed E-state index contributed by atoms with van der Waals surface area (Å²) in [6, 6.07) is 0. The van der Waals surface area contributed by atoms with Crippen LogP contribution < -0.4 is 0 Å². The standard InChI is InChI=1S/C3H4I2O/c1-2(4)3(5)6/h3,6H,1H2. The molecule has 0 spiro atoms. The predicted octanol–water partition coefficient (Wildman–Crippen LogP) is 1.69. The first-order valence-electron chi connectivity index (χ1n) is 1.31. The molecular weight excluding hydrogens is 306 g/mol. The van der Waals surface area contributed by atoms with Gasteiger partial charge in [0.15, 0.2) is 0 Å². The number of aliphatic hydroxyl groups excluding tert-OH is 1. The van der Waals surface area contributed by atoms with Gasteiger partial charge in [-0.3, -0.25) is 0 Å². The van der Waals surface area contributed by atoms with Crippen molar-refractivity contribution < 1.29 is 5.11 Å². The van der Waals surface area contributed by atoms with E-state index >= 15 is 0 Å². The Morgan fingerprint density at radius 1 is 1.83 bits per heavy atom. The summed E-state index contributed by atoms with van der Waals surface area (Å²) in [5.74, 6) is 0. The van der Waals surface area contributed by atoms with E-state index in [9.17, 15) is 0 Å². The number of aliphatic hydroxyl groups is 1. The van der Waals surface area contributed by atoms with Gasteiger partial charge in [-0.2, -0.15) is 0 Å². The molecule has 1 N–H and O–H groups in total. The molecule has 0 saturated carbocycles. The third-order valence-electron chi connectivity index (χ3n) is 0.258. The Morgan fingerprint density at radius 2 is 2.00 bits per heavy atom. The van der Waals surface area contributed by atoms with Crippen LogP contribution >= 0.6 is 45.2 Å². The second-order valence-corrected chi connectivity index (χ2v) is 3.35. The lowest BCUT2D eigenvalue weighted by Gasteiger charge is -1.92. The van der Waals surface area contributed by atoms with E-state index in [1.54, 1.807) is 0 Å². The van der Waals surface area contributed by atoms with Crippen molar-refractivity contribution in [2.75, 3.05) is 0 Å². The average Bonchev–Trinajstić information content (AvgIpc) is 1.36. The molecule has 0 aromatic rings. The van der Waals surface area contributed by atoms with E-state index in [4.69, 9.17) is 5.11 Å².